The number of nitrogens with one attached hydrogen (secondary N) is 3. The van der Waals surface area contributed by atoms with Gasteiger partial charge in [-0.05, 0) is 30.5 Å². The Hall–Kier alpha value is -2.45. The number of aromatic nitrogens is 1. The number of nitrogens with zero attached hydrogens (tertiary/aromatic N) is 1. The average molecular weight is 441 g/mol. The van der Waals surface area contributed by atoms with Gasteiger partial charge in [-0.3, -0.25) is 9.78 Å². The van der Waals surface area contributed by atoms with Crippen molar-refractivity contribution >= 4 is 35.1 Å². The van der Waals surface area contributed by atoms with Crippen LogP contribution in [-0.4, -0.2) is 29.5 Å². The minimum atomic E-state index is -1.03. The van der Waals surface area contributed by atoms with Gasteiger partial charge in [-0.2, -0.15) is 0 Å². The SMILES string of the molecule is O=C1NC[C@@H](C(=O)N[C@H](c2cnc(C3CC3)c(Cl)c2)c2ccc(F)c(Cl)c2F)N1. The monoisotopic (exact) mass is 440 g/mol. The number of halogens is 4. The van der Waals surface area contributed by atoms with Gasteiger partial charge in [-0.1, -0.05) is 29.3 Å². The highest BCUT2D eigenvalue weighted by atomic mass is 35.5. The first kappa shape index (κ1) is 19.8. The predicted molar refractivity (Wildman–Crippen MR) is 103 cm³/mol. The van der Waals surface area contributed by atoms with E-state index < -0.39 is 40.7 Å². The number of hydrogen-bond donors (Lipinski definition) is 3. The molecule has 3 N–H and O–H groups in total. The van der Waals surface area contributed by atoms with Gasteiger partial charge in [0.05, 0.1) is 16.8 Å². The number of amides is 3. The van der Waals surface area contributed by atoms with E-state index in [0.29, 0.717) is 16.5 Å². The number of carbonyl (C=O) groups is 2. The number of benzene rings is 1. The lowest BCUT2D eigenvalue weighted by molar-refractivity contribution is -0.122. The second-order valence-electron chi connectivity index (χ2n) is 7.02. The van der Waals surface area contributed by atoms with Crippen molar-refractivity contribution in [1.29, 1.82) is 0 Å². The number of urea groups is 1. The molecule has 152 valence electrons. The van der Waals surface area contributed by atoms with Gasteiger partial charge in [-0.15, -0.1) is 0 Å². The molecule has 29 heavy (non-hydrogen) atoms. The predicted octanol–water partition coefficient (Wildman–Crippen LogP) is 3.43. The quantitative estimate of drug-likeness (QED) is 0.622. The van der Waals surface area contributed by atoms with Gasteiger partial charge in [0.15, 0.2) is 0 Å². The first-order valence-electron chi connectivity index (χ1n) is 8.98. The van der Waals surface area contributed by atoms with Crippen LogP contribution in [0.15, 0.2) is 24.4 Å². The molecular formula is C19H16Cl2F2N4O2. The maximum atomic E-state index is 14.7. The molecule has 1 aliphatic heterocycles. The maximum Gasteiger partial charge on any atom is 0.315 e. The Bertz CT molecular complexity index is 1000. The molecule has 2 fully saturated rings. The van der Waals surface area contributed by atoms with Crippen molar-refractivity contribution in [2.75, 3.05) is 6.54 Å². The van der Waals surface area contributed by atoms with Gasteiger partial charge in [0.25, 0.3) is 0 Å². The molecule has 3 amide bonds. The molecule has 1 aromatic carbocycles. The first-order chi connectivity index (χ1) is 13.8. The smallest absolute Gasteiger partial charge is 0.315 e. The lowest BCUT2D eigenvalue weighted by Gasteiger charge is -2.23. The van der Waals surface area contributed by atoms with Gasteiger partial charge >= 0.3 is 6.03 Å². The first-order valence-corrected chi connectivity index (χ1v) is 9.74. The van der Waals surface area contributed by atoms with Crippen LogP contribution >= 0.6 is 23.2 Å². The van der Waals surface area contributed by atoms with E-state index in [1.54, 1.807) is 6.07 Å². The van der Waals surface area contributed by atoms with Crippen LogP contribution in [0, 0.1) is 11.6 Å². The maximum absolute atomic E-state index is 14.7. The van der Waals surface area contributed by atoms with Crippen LogP contribution in [0.3, 0.4) is 0 Å². The van der Waals surface area contributed by atoms with E-state index in [1.165, 1.54) is 12.3 Å². The third-order valence-corrected chi connectivity index (χ3v) is 5.59. The second-order valence-corrected chi connectivity index (χ2v) is 7.81. The van der Waals surface area contributed by atoms with Crippen LogP contribution < -0.4 is 16.0 Å². The normalized spacial score (nSPS) is 19.4. The molecule has 0 bridgehead atoms. The number of pyridine rings is 1. The largest absolute Gasteiger partial charge is 0.343 e. The summed E-state index contributed by atoms with van der Waals surface area (Å²) in [6.07, 6.45) is 3.51. The Balaban J connectivity index is 1.71. The highest BCUT2D eigenvalue weighted by molar-refractivity contribution is 6.31. The molecule has 0 unspecified atom stereocenters. The highest BCUT2D eigenvalue weighted by Crippen LogP contribution is 2.42. The Morgan fingerprint density at radius 1 is 1.28 bits per heavy atom. The zero-order valence-electron chi connectivity index (χ0n) is 14.9. The Morgan fingerprint density at radius 2 is 2.03 bits per heavy atom. The van der Waals surface area contributed by atoms with Gasteiger partial charge in [0, 0.05) is 24.2 Å². The van der Waals surface area contributed by atoms with Crippen molar-refractivity contribution < 1.29 is 18.4 Å². The summed E-state index contributed by atoms with van der Waals surface area (Å²) in [7, 11) is 0. The fourth-order valence-electron chi connectivity index (χ4n) is 3.24. The van der Waals surface area contributed by atoms with Crippen LogP contribution in [0.1, 0.15) is 41.6 Å². The van der Waals surface area contributed by atoms with Crippen LogP contribution in [-0.2, 0) is 4.79 Å². The number of carbonyl (C=O) groups excluding carboxylic acids is 2. The van der Waals surface area contributed by atoms with Gasteiger partial charge < -0.3 is 16.0 Å². The Labute approximate surface area is 175 Å². The van der Waals surface area contributed by atoms with E-state index in [2.05, 4.69) is 20.9 Å². The lowest BCUT2D eigenvalue weighted by Crippen LogP contribution is -2.44. The molecule has 2 heterocycles. The zero-order chi connectivity index (χ0) is 20.7. The number of hydrogen-bond acceptors (Lipinski definition) is 3. The van der Waals surface area contributed by atoms with Crippen LogP contribution in [0.2, 0.25) is 10.0 Å². The minimum absolute atomic E-state index is 0.0425. The molecule has 2 aromatic rings. The summed E-state index contributed by atoms with van der Waals surface area (Å²) < 4.78 is 28.4. The van der Waals surface area contributed by atoms with Crippen molar-refractivity contribution in [3.63, 3.8) is 0 Å². The van der Waals surface area contributed by atoms with Gasteiger partial charge in [-0.25, -0.2) is 13.6 Å². The fourth-order valence-corrected chi connectivity index (χ4v) is 3.74. The zero-order valence-corrected chi connectivity index (χ0v) is 16.5. The molecule has 1 aromatic heterocycles. The van der Waals surface area contributed by atoms with Crippen molar-refractivity contribution in [1.82, 2.24) is 20.9 Å². The summed E-state index contributed by atoms with van der Waals surface area (Å²) in [4.78, 5) is 28.3. The van der Waals surface area contributed by atoms with E-state index >= 15 is 0 Å². The van der Waals surface area contributed by atoms with Crippen LogP contribution in [0.5, 0.6) is 0 Å². The topological polar surface area (TPSA) is 83.1 Å². The summed E-state index contributed by atoms with van der Waals surface area (Å²) in [5.41, 5.74) is 1.12. The van der Waals surface area contributed by atoms with E-state index in [-0.39, 0.29) is 12.1 Å². The summed E-state index contributed by atoms with van der Waals surface area (Å²) in [6, 6.07) is 1.49. The van der Waals surface area contributed by atoms with E-state index in [0.717, 1.165) is 24.6 Å². The molecule has 1 saturated carbocycles. The molecule has 0 radical (unpaired) electrons. The molecule has 1 aliphatic carbocycles. The van der Waals surface area contributed by atoms with Gasteiger partial charge in [0.1, 0.15) is 22.7 Å². The lowest BCUT2D eigenvalue weighted by atomic mass is 9.98. The van der Waals surface area contributed by atoms with E-state index in [4.69, 9.17) is 23.2 Å². The molecule has 2 atom stereocenters. The standard InChI is InChI=1S/C19H16Cl2F2N4O2/c20-11-5-9(6-24-17(11)8-1-2-8)16(10-3-4-12(22)14(21)15(10)23)27-18(28)13-7-25-19(29)26-13/h3-6,8,13,16H,1-2,7H2,(H,27,28)(H2,25,26,29)/t13-,16+/m0/s1. The molecule has 4 rings (SSSR count). The van der Waals surface area contributed by atoms with Crippen molar-refractivity contribution in [2.24, 2.45) is 0 Å². The van der Waals surface area contributed by atoms with Crippen molar-refractivity contribution in [3.05, 3.63) is 62.9 Å². The molecular weight excluding hydrogens is 425 g/mol. The molecule has 2 aliphatic rings. The van der Waals surface area contributed by atoms with Crippen molar-refractivity contribution in [3.8, 4) is 0 Å². The average Bonchev–Trinajstić information content (AvgIpc) is 3.44. The molecule has 0 spiro atoms. The fraction of sp³-hybridized carbons (Fsp3) is 0.316. The Morgan fingerprint density at radius 3 is 2.66 bits per heavy atom. The summed E-state index contributed by atoms with van der Waals surface area (Å²) in [5, 5.41) is 7.35. The van der Waals surface area contributed by atoms with Crippen LogP contribution in [0.25, 0.3) is 0 Å². The van der Waals surface area contributed by atoms with Crippen molar-refractivity contribution in [2.45, 2.75) is 30.8 Å². The summed E-state index contributed by atoms with van der Waals surface area (Å²) in [6.45, 7) is 0.0870. The minimum Gasteiger partial charge on any atom is -0.343 e. The second kappa shape index (κ2) is 7.76. The number of rotatable bonds is 5. The summed E-state index contributed by atoms with van der Waals surface area (Å²) >= 11 is 12.1. The molecule has 10 heteroatoms. The van der Waals surface area contributed by atoms with Crippen LogP contribution in [0.4, 0.5) is 13.6 Å². The van der Waals surface area contributed by atoms with Gasteiger partial charge in [0.2, 0.25) is 5.91 Å². The highest BCUT2D eigenvalue weighted by Gasteiger charge is 2.32. The Kier molecular flexibility index (Phi) is 5.31. The molecule has 6 nitrogen and oxygen atoms in total. The third kappa shape index (κ3) is 4.00. The molecule has 1 saturated heterocycles. The van der Waals surface area contributed by atoms with E-state index in [1.807, 2.05) is 0 Å². The summed E-state index contributed by atoms with van der Waals surface area (Å²) in [5.74, 6) is -2.14. The third-order valence-electron chi connectivity index (χ3n) is 4.94. The van der Waals surface area contributed by atoms with E-state index in [9.17, 15) is 18.4 Å².